The van der Waals surface area contributed by atoms with Crippen molar-refractivity contribution < 1.29 is 4.42 Å². The highest BCUT2D eigenvalue weighted by molar-refractivity contribution is 6.10. The summed E-state index contributed by atoms with van der Waals surface area (Å²) in [5.41, 5.74) is 13.0. The third kappa shape index (κ3) is 2.44. The van der Waals surface area contributed by atoms with Crippen LogP contribution in [-0.4, -0.2) is 18.2 Å². The van der Waals surface area contributed by atoms with E-state index in [1.807, 2.05) is 6.92 Å². The quantitative estimate of drug-likeness (QED) is 0.278. The van der Waals surface area contributed by atoms with E-state index < -0.39 is 0 Å². The number of rotatable bonds is 1. The zero-order valence-corrected chi connectivity index (χ0v) is 19.3. The van der Waals surface area contributed by atoms with E-state index in [1.165, 1.54) is 39.2 Å². The van der Waals surface area contributed by atoms with Crippen LogP contribution in [0.15, 0.2) is 65.1 Å². The van der Waals surface area contributed by atoms with Gasteiger partial charge < -0.3 is 14.2 Å². The Balaban J connectivity index is 1.48. The fourth-order valence-corrected chi connectivity index (χ4v) is 5.71. The summed E-state index contributed by atoms with van der Waals surface area (Å²) in [6.07, 6.45) is 1.16. The van der Waals surface area contributed by atoms with E-state index in [0.717, 1.165) is 34.2 Å². The minimum Gasteiger partial charge on any atom is -0.435 e. The lowest BCUT2D eigenvalue weighted by molar-refractivity contribution is 0.647. The Kier molecular flexibility index (Phi) is 3.63. The summed E-state index contributed by atoms with van der Waals surface area (Å²) in [5, 5.41) is 2.19. The summed E-state index contributed by atoms with van der Waals surface area (Å²) >= 11 is 0. The van der Waals surface area contributed by atoms with Gasteiger partial charge in [-0.2, -0.15) is 0 Å². The molecule has 3 heterocycles. The largest absolute Gasteiger partial charge is 0.435 e. The lowest BCUT2D eigenvalue weighted by Gasteiger charge is -2.29. The molecule has 162 valence electrons. The zero-order valence-electron chi connectivity index (χ0n) is 19.3. The number of benzene rings is 3. The average molecular weight is 432 g/mol. The number of fused-ring (bicyclic) bond motifs is 7. The number of pyridine rings is 1. The lowest BCUT2D eigenvalue weighted by atomic mass is 10.0. The van der Waals surface area contributed by atoms with E-state index in [2.05, 4.69) is 96.3 Å². The fraction of sp³-hybridized carbons (Fsp3) is 0.207. The topological polar surface area (TPSA) is 32.5 Å². The molecule has 33 heavy (non-hydrogen) atoms. The molecule has 7 rings (SSSR count). The number of nitrogens with zero attached hydrogens (tertiary/aromatic N) is 3. The molecule has 2 aliphatic rings. The minimum absolute atomic E-state index is 0.171. The maximum Gasteiger partial charge on any atom is 0.227 e. The second-order valence-electron chi connectivity index (χ2n) is 9.46. The molecule has 0 saturated heterocycles. The van der Waals surface area contributed by atoms with Gasteiger partial charge >= 0.3 is 0 Å². The van der Waals surface area contributed by atoms with Crippen LogP contribution in [0.3, 0.4) is 0 Å². The molecule has 0 fully saturated rings. The minimum atomic E-state index is 0.171. The molecule has 0 N–H and O–H groups in total. The van der Waals surface area contributed by atoms with Crippen molar-refractivity contribution in [1.29, 1.82) is 0 Å². The van der Waals surface area contributed by atoms with Crippen LogP contribution in [0.5, 0.6) is 0 Å². The fourth-order valence-electron chi connectivity index (χ4n) is 5.71. The van der Waals surface area contributed by atoms with Crippen LogP contribution in [0.25, 0.3) is 33.2 Å². The Morgan fingerprint density at radius 1 is 0.879 bits per heavy atom. The lowest BCUT2D eigenvalue weighted by Crippen LogP contribution is -2.36. The maximum absolute atomic E-state index is 6.43. The van der Waals surface area contributed by atoms with Crippen LogP contribution in [0.1, 0.15) is 29.3 Å². The summed E-state index contributed by atoms with van der Waals surface area (Å²) in [5.74, 6) is 0. The number of hydrogen-bond acceptors (Lipinski definition) is 4. The smallest absolute Gasteiger partial charge is 0.227 e. The number of anilines is 3. The predicted molar refractivity (Wildman–Crippen MR) is 136 cm³/mol. The van der Waals surface area contributed by atoms with Gasteiger partial charge in [-0.25, -0.2) is 4.98 Å². The molecule has 1 atom stereocenters. The molecule has 0 spiro atoms. The Labute approximate surface area is 193 Å². The van der Waals surface area contributed by atoms with Crippen molar-refractivity contribution >= 4 is 39.1 Å². The standard InChI is InChI=1S/C29H25N3O/c1-16-9-11-22-23-12-10-17(2)30-29(23)33-28(22)27(16)32-18(3)31(4)25-15-24-20(14-26(25)32)13-19-7-5-6-8-21(19)24/h5-12,14-15,18H,13H2,1-4H3/t18-/m0/s1. The van der Waals surface area contributed by atoms with Gasteiger partial charge in [0.15, 0.2) is 5.58 Å². The molecular formula is C29H25N3O. The molecular weight excluding hydrogens is 406 g/mol. The second kappa shape index (κ2) is 6.38. The van der Waals surface area contributed by atoms with Crippen molar-refractivity contribution in [3.05, 3.63) is 83.0 Å². The average Bonchev–Trinajstić information content (AvgIpc) is 3.43. The zero-order chi connectivity index (χ0) is 22.4. The SMILES string of the molecule is Cc1ccc2c(n1)oc1c(N3c4cc5c(cc4N(C)[C@@H]3C)-c3ccccc3C5)c(C)ccc12. The number of hydrogen-bond donors (Lipinski definition) is 0. The molecule has 1 aliphatic carbocycles. The van der Waals surface area contributed by atoms with Crippen molar-refractivity contribution in [3.8, 4) is 11.1 Å². The van der Waals surface area contributed by atoms with Crippen LogP contribution < -0.4 is 9.80 Å². The first kappa shape index (κ1) is 18.8. The van der Waals surface area contributed by atoms with Crippen molar-refractivity contribution in [2.24, 2.45) is 0 Å². The molecule has 0 bridgehead atoms. The number of aryl methyl sites for hydroxylation is 2. The number of furan rings is 1. The molecule has 0 saturated carbocycles. The van der Waals surface area contributed by atoms with Gasteiger partial charge in [-0.05, 0) is 79.3 Å². The highest BCUT2D eigenvalue weighted by Crippen LogP contribution is 2.51. The van der Waals surface area contributed by atoms with Gasteiger partial charge in [0.1, 0.15) is 6.17 Å². The summed E-state index contributed by atoms with van der Waals surface area (Å²) in [4.78, 5) is 9.49. The molecule has 0 unspecified atom stereocenters. The molecule has 2 aromatic heterocycles. The van der Waals surface area contributed by atoms with E-state index in [4.69, 9.17) is 4.42 Å². The molecule has 0 radical (unpaired) electrons. The van der Waals surface area contributed by atoms with Crippen molar-refractivity contribution in [3.63, 3.8) is 0 Å². The maximum atomic E-state index is 6.43. The Hall–Kier alpha value is -3.79. The summed E-state index contributed by atoms with van der Waals surface area (Å²) in [7, 11) is 2.19. The van der Waals surface area contributed by atoms with Gasteiger partial charge in [-0.1, -0.05) is 36.4 Å². The molecule has 5 aromatic rings. The van der Waals surface area contributed by atoms with E-state index in [1.54, 1.807) is 0 Å². The first-order chi connectivity index (χ1) is 16.0. The van der Waals surface area contributed by atoms with Crippen LogP contribution >= 0.6 is 0 Å². The second-order valence-corrected chi connectivity index (χ2v) is 9.46. The van der Waals surface area contributed by atoms with Crippen LogP contribution in [0, 0.1) is 13.8 Å². The van der Waals surface area contributed by atoms with E-state index >= 15 is 0 Å². The molecule has 4 heteroatoms. The third-order valence-corrected chi connectivity index (χ3v) is 7.53. The highest BCUT2D eigenvalue weighted by atomic mass is 16.3. The van der Waals surface area contributed by atoms with Crippen LogP contribution in [0.2, 0.25) is 0 Å². The van der Waals surface area contributed by atoms with E-state index in [9.17, 15) is 0 Å². The Morgan fingerprint density at radius 3 is 2.58 bits per heavy atom. The summed E-state index contributed by atoms with van der Waals surface area (Å²) in [6, 6.07) is 22.1. The van der Waals surface area contributed by atoms with Gasteiger partial charge in [0.05, 0.1) is 17.1 Å². The van der Waals surface area contributed by atoms with Crippen molar-refractivity contribution in [1.82, 2.24) is 4.98 Å². The predicted octanol–water partition coefficient (Wildman–Crippen LogP) is 7.10. The molecule has 4 nitrogen and oxygen atoms in total. The Bertz CT molecular complexity index is 1610. The summed E-state index contributed by atoms with van der Waals surface area (Å²) < 4.78 is 6.43. The number of aromatic nitrogens is 1. The highest BCUT2D eigenvalue weighted by Gasteiger charge is 2.36. The molecule has 0 amide bonds. The summed E-state index contributed by atoms with van der Waals surface area (Å²) in [6.45, 7) is 6.45. The van der Waals surface area contributed by atoms with Gasteiger partial charge in [0.25, 0.3) is 0 Å². The monoisotopic (exact) mass is 431 g/mol. The van der Waals surface area contributed by atoms with E-state index in [0.29, 0.717) is 5.71 Å². The first-order valence-corrected chi connectivity index (χ1v) is 11.6. The Morgan fingerprint density at radius 2 is 1.70 bits per heavy atom. The molecule has 1 aliphatic heterocycles. The van der Waals surface area contributed by atoms with E-state index in [-0.39, 0.29) is 6.17 Å². The van der Waals surface area contributed by atoms with Crippen molar-refractivity contribution in [2.45, 2.75) is 33.4 Å². The van der Waals surface area contributed by atoms with Crippen molar-refractivity contribution in [2.75, 3.05) is 16.8 Å². The normalized spacial score (nSPS) is 16.5. The third-order valence-electron chi connectivity index (χ3n) is 7.53. The van der Waals surface area contributed by atoms with Gasteiger partial charge in [0, 0.05) is 23.5 Å². The first-order valence-electron chi connectivity index (χ1n) is 11.6. The van der Waals surface area contributed by atoms with Gasteiger partial charge in [-0.15, -0.1) is 0 Å². The molecule has 3 aromatic carbocycles. The van der Waals surface area contributed by atoms with Crippen LogP contribution in [0.4, 0.5) is 17.1 Å². The van der Waals surface area contributed by atoms with Gasteiger partial charge in [0.2, 0.25) is 5.71 Å². The van der Waals surface area contributed by atoms with Crippen LogP contribution in [-0.2, 0) is 6.42 Å². The van der Waals surface area contributed by atoms with Gasteiger partial charge in [-0.3, -0.25) is 0 Å².